The van der Waals surface area contributed by atoms with Crippen molar-refractivity contribution in [1.29, 1.82) is 0 Å². The van der Waals surface area contributed by atoms with Crippen molar-refractivity contribution in [3.8, 4) is 0 Å². The third-order valence-corrected chi connectivity index (χ3v) is 7.59. The van der Waals surface area contributed by atoms with Crippen molar-refractivity contribution in [3.63, 3.8) is 0 Å². The molecule has 1 saturated carbocycles. The van der Waals surface area contributed by atoms with E-state index in [1.165, 1.54) is 44.9 Å². The highest BCUT2D eigenvalue weighted by Gasteiger charge is 2.28. The quantitative estimate of drug-likeness (QED) is 0.550. The molecule has 1 N–H and O–H groups in total. The molecule has 7 heteroatoms. The number of fused-ring (bicyclic) bond motifs is 1. The molecule has 188 valence electrons. The Hall–Kier alpha value is -1.96. The number of aromatic nitrogens is 2. The molecule has 2 atom stereocenters. The highest BCUT2D eigenvalue weighted by Crippen LogP contribution is 2.29. The number of nitrogens with zero attached hydrogens (tertiary/aromatic N) is 3. The van der Waals surface area contributed by atoms with Gasteiger partial charge < -0.3 is 24.3 Å². The van der Waals surface area contributed by atoms with Crippen molar-refractivity contribution in [2.24, 2.45) is 0 Å². The van der Waals surface area contributed by atoms with E-state index < -0.39 is 6.29 Å². The van der Waals surface area contributed by atoms with Gasteiger partial charge in [0.15, 0.2) is 12.1 Å². The van der Waals surface area contributed by atoms with Crippen LogP contribution in [0.2, 0.25) is 0 Å². The normalized spacial score (nSPS) is 21.1. The van der Waals surface area contributed by atoms with Crippen molar-refractivity contribution in [2.75, 3.05) is 32.1 Å². The predicted molar refractivity (Wildman–Crippen MR) is 137 cm³/mol. The highest BCUT2D eigenvalue weighted by molar-refractivity contribution is 5.76. The van der Waals surface area contributed by atoms with Gasteiger partial charge in [-0.1, -0.05) is 44.2 Å². The van der Waals surface area contributed by atoms with Gasteiger partial charge in [0, 0.05) is 38.9 Å². The molecule has 2 heterocycles. The van der Waals surface area contributed by atoms with Gasteiger partial charge in [0.1, 0.15) is 0 Å². The molecule has 0 bridgehead atoms. The second-order valence-electron chi connectivity index (χ2n) is 9.88. The molecule has 2 aliphatic rings. The second-order valence-corrected chi connectivity index (χ2v) is 9.88. The van der Waals surface area contributed by atoms with Crippen LogP contribution in [0.4, 0.5) is 5.82 Å². The molecule has 1 aromatic carbocycles. The number of anilines is 1. The zero-order chi connectivity index (χ0) is 23.9. The van der Waals surface area contributed by atoms with Gasteiger partial charge in [-0.3, -0.25) is 4.79 Å². The summed E-state index contributed by atoms with van der Waals surface area (Å²) in [6, 6.07) is 8.68. The van der Waals surface area contributed by atoms with E-state index in [1.807, 2.05) is 42.7 Å². The highest BCUT2D eigenvalue weighted by atomic mass is 16.7. The van der Waals surface area contributed by atoms with Crippen LogP contribution in [-0.2, 0) is 9.47 Å². The zero-order valence-corrected chi connectivity index (χ0v) is 21.2. The van der Waals surface area contributed by atoms with Gasteiger partial charge in [0.2, 0.25) is 0 Å². The largest absolute Gasteiger partial charge is 0.358 e. The SMILES string of the molecule is CCOC(OC)C(C)Nc1nc2ccccc2n(C2CCN(C3CCCCCCC3)CC2)c1=O. The zero-order valence-electron chi connectivity index (χ0n) is 21.2. The number of nitrogens with one attached hydrogen (secondary N) is 1. The van der Waals surface area contributed by atoms with E-state index in [1.54, 1.807) is 7.11 Å². The Balaban J connectivity index is 1.55. The Morgan fingerprint density at radius 2 is 1.71 bits per heavy atom. The van der Waals surface area contributed by atoms with E-state index in [9.17, 15) is 4.79 Å². The van der Waals surface area contributed by atoms with Crippen molar-refractivity contribution in [2.45, 2.75) is 96.1 Å². The molecule has 4 rings (SSSR count). The molecule has 2 unspecified atom stereocenters. The van der Waals surface area contributed by atoms with Crippen LogP contribution in [0.15, 0.2) is 29.1 Å². The molecular weight excluding hydrogens is 428 g/mol. The Morgan fingerprint density at radius 1 is 1.03 bits per heavy atom. The summed E-state index contributed by atoms with van der Waals surface area (Å²) in [5.41, 5.74) is 1.70. The number of hydrogen-bond acceptors (Lipinski definition) is 6. The lowest BCUT2D eigenvalue weighted by Gasteiger charge is -2.39. The molecule has 7 nitrogen and oxygen atoms in total. The van der Waals surface area contributed by atoms with E-state index in [0.717, 1.165) is 43.0 Å². The van der Waals surface area contributed by atoms with E-state index in [2.05, 4.69) is 15.2 Å². The standard InChI is InChI=1S/C27H42N4O3/c1-4-34-27(33-3)20(2)28-25-26(32)31(24-15-11-10-14-23(24)29-25)22-16-18-30(19-17-22)21-12-8-6-5-7-9-13-21/h10-11,14-15,20-22,27H,4-9,12-13,16-19H2,1-3H3,(H,28,29). The molecule has 1 aliphatic heterocycles. The Bertz CT molecular complexity index is 962. The van der Waals surface area contributed by atoms with Gasteiger partial charge in [-0.15, -0.1) is 0 Å². The summed E-state index contributed by atoms with van der Waals surface area (Å²) in [5.74, 6) is 0.371. The minimum Gasteiger partial charge on any atom is -0.358 e. The van der Waals surface area contributed by atoms with Crippen LogP contribution in [0.1, 0.15) is 77.7 Å². The maximum Gasteiger partial charge on any atom is 0.294 e. The molecule has 1 aromatic heterocycles. The van der Waals surface area contributed by atoms with Crippen LogP contribution in [0.5, 0.6) is 0 Å². The lowest BCUT2D eigenvalue weighted by molar-refractivity contribution is -0.126. The van der Waals surface area contributed by atoms with Crippen LogP contribution in [0.3, 0.4) is 0 Å². The molecule has 0 radical (unpaired) electrons. The fourth-order valence-electron chi connectivity index (χ4n) is 5.78. The first-order chi connectivity index (χ1) is 16.6. The van der Waals surface area contributed by atoms with Crippen molar-refractivity contribution in [1.82, 2.24) is 14.5 Å². The summed E-state index contributed by atoms with van der Waals surface area (Å²) < 4.78 is 13.1. The van der Waals surface area contributed by atoms with Crippen LogP contribution in [0.25, 0.3) is 11.0 Å². The molecule has 34 heavy (non-hydrogen) atoms. The number of methoxy groups -OCH3 is 1. The number of para-hydroxylation sites is 2. The molecule has 0 amide bonds. The fraction of sp³-hybridized carbons (Fsp3) is 0.704. The number of likely N-dealkylation sites (tertiary alicyclic amines) is 1. The van der Waals surface area contributed by atoms with Gasteiger partial charge in [-0.25, -0.2) is 4.98 Å². The van der Waals surface area contributed by atoms with Crippen molar-refractivity contribution >= 4 is 16.9 Å². The van der Waals surface area contributed by atoms with E-state index in [4.69, 9.17) is 9.47 Å². The predicted octanol–water partition coefficient (Wildman–Crippen LogP) is 4.96. The van der Waals surface area contributed by atoms with Crippen LogP contribution in [-0.4, -0.2) is 59.6 Å². The number of rotatable bonds is 8. The summed E-state index contributed by atoms with van der Waals surface area (Å²) in [5, 5.41) is 3.29. The number of benzene rings is 1. The Kier molecular flexibility index (Phi) is 8.98. The lowest BCUT2D eigenvalue weighted by atomic mass is 9.93. The maximum atomic E-state index is 13.7. The van der Waals surface area contributed by atoms with E-state index >= 15 is 0 Å². The van der Waals surface area contributed by atoms with Crippen molar-refractivity contribution in [3.05, 3.63) is 34.6 Å². The Labute approximate surface area is 203 Å². The summed E-state index contributed by atoms with van der Waals surface area (Å²) in [6.45, 7) is 6.56. The van der Waals surface area contributed by atoms with Gasteiger partial charge in [-0.2, -0.15) is 0 Å². The average molecular weight is 471 g/mol. The molecule has 1 saturated heterocycles. The third kappa shape index (κ3) is 5.81. The number of ether oxygens (including phenoxy) is 2. The molecule has 1 aliphatic carbocycles. The third-order valence-electron chi connectivity index (χ3n) is 7.59. The van der Waals surface area contributed by atoms with Crippen molar-refractivity contribution < 1.29 is 9.47 Å². The fourth-order valence-corrected chi connectivity index (χ4v) is 5.78. The first-order valence-corrected chi connectivity index (χ1v) is 13.3. The average Bonchev–Trinajstić information content (AvgIpc) is 2.83. The molecule has 0 spiro atoms. The maximum absolute atomic E-state index is 13.7. The summed E-state index contributed by atoms with van der Waals surface area (Å²) in [6.07, 6.45) is 11.1. The van der Waals surface area contributed by atoms with Gasteiger partial charge in [0.25, 0.3) is 5.56 Å². The van der Waals surface area contributed by atoms with Crippen LogP contribution < -0.4 is 10.9 Å². The monoisotopic (exact) mass is 470 g/mol. The number of piperidine rings is 1. The smallest absolute Gasteiger partial charge is 0.294 e. The van der Waals surface area contributed by atoms with Gasteiger partial charge >= 0.3 is 0 Å². The van der Waals surface area contributed by atoms with Crippen LogP contribution in [0, 0.1) is 0 Å². The molecular formula is C27H42N4O3. The van der Waals surface area contributed by atoms with Crippen LogP contribution >= 0.6 is 0 Å². The summed E-state index contributed by atoms with van der Waals surface area (Å²) in [4.78, 5) is 21.1. The minimum atomic E-state index is -0.446. The minimum absolute atomic E-state index is 0.0543. The first kappa shape index (κ1) is 25.1. The van der Waals surface area contributed by atoms with E-state index in [-0.39, 0.29) is 17.6 Å². The molecule has 2 fully saturated rings. The summed E-state index contributed by atoms with van der Waals surface area (Å²) in [7, 11) is 1.62. The number of hydrogen-bond donors (Lipinski definition) is 1. The Morgan fingerprint density at radius 3 is 2.38 bits per heavy atom. The van der Waals surface area contributed by atoms with Gasteiger partial charge in [0.05, 0.1) is 17.1 Å². The summed E-state index contributed by atoms with van der Waals surface area (Å²) >= 11 is 0. The lowest BCUT2D eigenvalue weighted by Crippen LogP contribution is -2.44. The first-order valence-electron chi connectivity index (χ1n) is 13.3. The van der Waals surface area contributed by atoms with E-state index in [0.29, 0.717) is 12.4 Å². The van der Waals surface area contributed by atoms with Gasteiger partial charge in [-0.05, 0) is 51.7 Å². The molecule has 2 aromatic rings. The topological polar surface area (TPSA) is 68.6 Å². The second kappa shape index (κ2) is 12.1.